The van der Waals surface area contributed by atoms with E-state index in [9.17, 15) is 0 Å². The summed E-state index contributed by atoms with van der Waals surface area (Å²) in [5.74, 6) is 0. The van der Waals surface area contributed by atoms with Crippen molar-refractivity contribution in [2.75, 3.05) is 0 Å². The second-order valence-electron chi connectivity index (χ2n) is 17.4. The lowest BCUT2D eigenvalue weighted by molar-refractivity contribution is 1.16. The van der Waals surface area contributed by atoms with Crippen LogP contribution in [0.4, 0.5) is 0 Å². The predicted octanol–water partition coefficient (Wildman–Crippen LogP) is 12.7. The number of fused-ring (bicyclic) bond motifs is 9. The molecular formula is C61H43N3Si. The van der Waals surface area contributed by atoms with Crippen LogP contribution >= 0.6 is 0 Å². The molecule has 0 aliphatic heterocycles. The molecule has 0 saturated heterocycles. The average Bonchev–Trinajstić information content (AvgIpc) is 4.00. The number of nitrogens with zero attached hydrogens (tertiary/aromatic N) is 3. The summed E-state index contributed by atoms with van der Waals surface area (Å²) in [5.41, 5.74) is 11.9. The fraction of sp³-hybridized carbons (Fsp3) is 0.0164. The van der Waals surface area contributed by atoms with Gasteiger partial charge in [-0.05, 0) is 107 Å². The third kappa shape index (κ3) is 5.61. The number of rotatable bonds is 7. The lowest BCUT2D eigenvalue weighted by atomic mass is 10.1. The molecule has 0 bridgehead atoms. The summed E-state index contributed by atoms with van der Waals surface area (Å²) < 4.78 is 7.32. The molecular weight excluding hydrogens is 803 g/mol. The Morgan fingerprint density at radius 3 is 0.985 bits per heavy atom. The third-order valence-electron chi connectivity index (χ3n) is 13.8. The summed E-state index contributed by atoms with van der Waals surface area (Å²) in [6, 6.07) is 90.3. The standard InChI is InChI=1S/C61H43N3Si/c1-42-29-36-59-53(39-42)50-23-11-15-27-57(50)63(59)44-33-38-61-55(41-44)52-25-13-16-28-58(52)64(61)45-32-37-60-54(40-45)51-24-12-14-26-56(51)62(60)43-30-34-49(35-31-43)65(46-17-5-2-6-18-46,47-19-7-3-8-20-47)48-21-9-4-10-22-48/h2-41H,1H3. The molecule has 0 fully saturated rings. The highest BCUT2D eigenvalue weighted by Crippen LogP contribution is 2.39. The maximum absolute atomic E-state index is 2.66. The Labute approximate surface area is 378 Å². The van der Waals surface area contributed by atoms with Crippen molar-refractivity contribution >= 4 is 94.2 Å². The van der Waals surface area contributed by atoms with Crippen LogP contribution in [0, 0.1) is 6.92 Å². The molecule has 0 saturated carbocycles. The Kier molecular flexibility index (Phi) is 8.45. The van der Waals surface area contributed by atoms with E-state index < -0.39 is 8.07 Å². The summed E-state index contributed by atoms with van der Waals surface area (Å²) in [6.07, 6.45) is 0. The van der Waals surface area contributed by atoms with E-state index in [1.54, 1.807) is 0 Å². The molecule has 0 atom stereocenters. The van der Waals surface area contributed by atoms with Gasteiger partial charge in [0.2, 0.25) is 0 Å². The Bertz CT molecular complexity index is 3840. The van der Waals surface area contributed by atoms with Gasteiger partial charge < -0.3 is 13.7 Å². The van der Waals surface area contributed by atoms with Crippen LogP contribution in [0.15, 0.2) is 243 Å². The molecule has 0 aliphatic rings. The van der Waals surface area contributed by atoms with Gasteiger partial charge in [0.25, 0.3) is 0 Å². The van der Waals surface area contributed by atoms with E-state index in [-0.39, 0.29) is 0 Å². The topological polar surface area (TPSA) is 14.8 Å². The van der Waals surface area contributed by atoms with E-state index in [2.05, 4.69) is 263 Å². The minimum Gasteiger partial charge on any atom is -0.309 e. The van der Waals surface area contributed by atoms with E-state index in [4.69, 9.17) is 0 Å². The van der Waals surface area contributed by atoms with Crippen LogP contribution in [-0.2, 0) is 0 Å². The summed E-state index contributed by atoms with van der Waals surface area (Å²) in [5, 5.41) is 13.0. The molecule has 0 spiro atoms. The first-order valence-electron chi connectivity index (χ1n) is 22.5. The number of hydrogen-bond acceptors (Lipinski definition) is 0. The van der Waals surface area contributed by atoms with Crippen LogP contribution in [0.5, 0.6) is 0 Å². The first kappa shape index (κ1) is 37.4. The van der Waals surface area contributed by atoms with E-state index in [0.29, 0.717) is 0 Å². The number of aryl methyl sites for hydroxylation is 1. The van der Waals surface area contributed by atoms with Crippen molar-refractivity contribution in [2.24, 2.45) is 0 Å². The fourth-order valence-electron chi connectivity index (χ4n) is 11.0. The fourth-order valence-corrected chi connectivity index (χ4v) is 15.8. The minimum absolute atomic E-state index is 1.14. The quantitative estimate of drug-likeness (QED) is 0.112. The maximum Gasteiger partial charge on any atom is 0.179 e. The minimum atomic E-state index is -2.66. The number of hydrogen-bond donors (Lipinski definition) is 0. The average molecular weight is 846 g/mol. The molecule has 306 valence electrons. The van der Waals surface area contributed by atoms with Gasteiger partial charge in [-0.2, -0.15) is 0 Å². The second kappa shape index (κ2) is 14.7. The van der Waals surface area contributed by atoms with Crippen molar-refractivity contribution in [1.82, 2.24) is 13.7 Å². The van der Waals surface area contributed by atoms with Crippen LogP contribution in [-0.4, -0.2) is 21.8 Å². The zero-order valence-corrected chi connectivity index (χ0v) is 36.9. The summed E-state index contributed by atoms with van der Waals surface area (Å²) in [7, 11) is -2.66. The zero-order valence-electron chi connectivity index (χ0n) is 35.9. The van der Waals surface area contributed by atoms with Crippen LogP contribution < -0.4 is 20.7 Å². The molecule has 3 aromatic heterocycles. The van der Waals surface area contributed by atoms with Gasteiger partial charge in [0, 0.05) is 49.4 Å². The first-order chi connectivity index (χ1) is 32.2. The molecule has 0 unspecified atom stereocenters. The van der Waals surface area contributed by atoms with E-state index in [1.165, 1.54) is 91.7 Å². The number of para-hydroxylation sites is 3. The molecule has 13 aromatic rings. The highest BCUT2D eigenvalue weighted by molar-refractivity contribution is 7.19. The van der Waals surface area contributed by atoms with Crippen LogP contribution in [0.25, 0.3) is 82.5 Å². The number of benzene rings is 10. The third-order valence-corrected chi connectivity index (χ3v) is 18.6. The highest BCUT2D eigenvalue weighted by atomic mass is 28.3. The lowest BCUT2D eigenvalue weighted by Gasteiger charge is -2.34. The normalized spacial score (nSPS) is 12.1. The molecule has 3 heterocycles. The Balaban J connectivity index is 0.972. The van der Waals surface area contributed by atoms with Crippen molar-refractivity contribution in [2.45, 2.75) is 6.92 Å². The Morgan fingerprint density at radius 2 is 0.554 bits per heavy atom. The van der Waals surface area contributed by atoms with Crippen LogP contribution in [0.1, 0.15) is 5.56 Å². The van der Waals surface area contributed by atoms with Gasteiger partial charge in [-0.15, -0.1) is 0 Å². The molecule has 65 heavy (non-hydrogen) atoms. The van der Waals surface area contributed by atoms with Gasteiger partial charge >= 0.3 is 0 Å². The second-order valence-corrected chi connectivity index (χ2v) is 21.2. The first-order valence-corrected chi connectivity index (χ1v) is 24.5. The Morgan fingerprint density at radius 1 is 0.246 bits per heavy atom. The van der Waals surface area contributed by atoms with Crippen LogP contribution in [0.3, 0.4) is 0 Å². The summed E-state index contributed by atoms with van der Waals surface area (Å²) in [4.78, 5) is 0. The molecule has 13 rings (SSSR count). The predicted molar refractivity (Wildman–Crippen MR) is 278 cm³/mol. The van der Waals surface area contributed by atoms with Crippen molar-refractivity contribution in [3.8, 4) is 17.1 Å². The van der Waals surface area contributed by atoms with E-state index in [1.807, 2.05) is 0 Å². The van der Waals surface area contributed by atoms with Crippen molar-refractivity contribution in [3.63, 3.8) is 0 Å². The molecule has 0 radical (unpaired) electrons. The van der Waals surface area contributed by atoms with E-state index in [0.717, 1.165) is 17.1 Å². The van der Waals surface area contributed by atoms with Gasteiger partial charge in [-0.25, -0.2) is 0 Å². The van der Waals surface area contributed by atoms with Gasteiger partial charge in [0.15, 0.2) is 8.07 Å². The van der Waals surface area contributed by atoms with Gasteiger partial charge in [-0.3, -0.25) is 0 Å². The van der Waals surface area contributed by atoms with Crippen LogP contribution in [0.2, 0.25) is 0 Å². The maximum atomic E-state index is 2.45. The van der Waals surface area contributed by atoms with E-state index >= 15 is 0 Å². The molecule has 0 aliphatic carbocycles. The molecule has 4 heteroatoms. The number of aromatic nitrogens is 3. The van der Waals surface area contributed by atoms with Crippen molar-refractivity contribution in [1.29, 1.82) is 0 Å². The summed E-state index contributed by atoms with van der Waals surface area (Å²) >= 11 is 0. The Hall–Kier alpha value is -8.18. The lowest BCUT2D eigenvalue weighted by Crippen LogP contribution is -2.74. The van der Waals surface area contributed by atoms with Crippen molar-refractivity contribution < 1.29 is 0 Å². The van der Waals surface area contributed by atoms with Gasteiger partial charge in [-0.1, -0.05) is 169 Å². The largest absolute Gasteiger partial charge is 0.309 e. The smallest absolute Gasteiger partial charge is 0.179 e. The van der Waals surface area contributed by atoms with Gasteiger partial charge in [0.1, 0.15) is 0 Å². The van der Waals surface area contributed by atoms with Crippen molar-refractivity contribution in [3.05, 3.63) is 248 Å². The molecule has 0 N–H and O–H groups in total. The zero-order chi connectivity index (χ0) is 43.1. The highest BCUT2D eigenvalue weighted by Gasteiger charge is 2.41. The monoisotopic (exact) mass is 845 g/mol. The molecule has 3 nitrogen and oxygen atoms in total. The molecule has 0 amide bonds. The summed E-state index contributed by atoms with van der Waals surface area (Å²) in [6.45, 7) is 2.18. The molecule has 10 aromatic carbocycles. The van der Waals surface area contributed by atoms with Gasteiger partial charge in [0.05, 0.1) is 33.1 Å². The SMILES string of the molecule is Cc1ccc2c(c1)c1ccccc1n2-c1ccc2c(c1)c1ccccc1n2-c1ccc2c(c1)c1ccccc1n2-c1ccc([Si](c2ccccc2)(c2ccccc2)c2ccccc2)cc1.